The number of halogens is 1. The number of carbonyl (C=O) groups is 1. The molecule has 4 heteroatoms. The smallest absolute Gasteiger partial charge is 0.163 e. The Morgan fingerprint density at radius 1 is 1.54 bits per heavy atom. The Hall–Kier alpha value is -1.22. The summed E-state index contributed by atoms with van der Waals surface area (Å²) in [5, 5.41) is 9.51. The Bertz CT molecular complexity index is 347. The first-order chi connectivity index (χ1) is 6.07. The van der Waals surface area contributed by atoms with Crippen LogP contribution in [-0.4, -0.2) is 18.0 Å². The molecular formula is C9H9ClO3. The number of benzene rings is 1. The highest BCUT2D eigenvalue weighted by Gasteiger charge is 2.13. The van der Waals surface area contributed by atoms with Crippen molar-refractivity contribution in [3.05, 3.63) is 22.7 Å². The van der Waals surface area contributed by atoms with Crippen LogP contribution in [-0.2, 0) is 0 Å². The van der Waals surface area contributed by atoms with Crippen LogP contribution in [0.3, 0.4) is 0 Å². The van der Waals surface area contributed by atoms with Crippen molar-refractivity contribution in [1.29, 1.82) is 0 Å². The van der Waals surface area contributed by atoms with E-state index in [1.807, 2.05) is 0 Å². The monoisotopic (exact) mass is 200 g/mol. The van der Waals surface area contributed by atoms with Gasteiger partial charge in [0, 0.05) is 0 Å². The molecule has 0 radical (unpaired) electrons. The van der Waals surface area contributed by atoms with Gasteiger partial charge in [0.25, 0.3) is 0 Å². The fraction of sp³-hybridized carbons (Fsp3) is 0.222. The number of hydrogen-bond acceptors (Lipinski definition) is 3. The standard InChI is InChI=1S/C9H9ClO3/c1-5(11)6-3-4-7(13-2)8(10)9(6)12/h3-4,12H,1-2H3. The van der Waals surface area contributed by atoms with Crippen LogP contribution >= 0.6 is 11.6 Å². The molecular weight excluding hydrogens is 192 g/mol. The number of methoxy groups -OCH3 is 1. The largest absolute Gasteiger partial charge is 0.505 e. The first-order valence-electron chi connectivity index (χ1n) is 3.64. The van der Waals surface area contributed by atoms with Crippen molar-refractivity contribution in [1.82, 2.24) is 0 Å². The van der Waals surface area contributed by atoms with Crippen molar-refractivity contribution in [3.8, 4) is 11.5 Å². The van der Waals surface area contributed by atoms with Gasteiger partial charge in [-0.2, -0.15) is 0 Å². The molecule has 0 spiro atoms. The van der Waals surface area contributed by atoms with E-state index in [2.05, 4.69) is 0 Å². The van der Waals surface area contributed by atoms with Crippen LogP contribution in [0.5, 0.6) is 11.5 Å². The van der Waals surface area contributed by atoms with Gasteiger partial charge in [0.1, 0.15) is 16.5 Å². The third-order valence-corrected chi connectivity index (χ3v) is 2.05. The maximum atomic E-state index is 11.0. The third-order valence-electron chi connectivity index (χ3n) is 1.68. The Balaban J connectivity index is 3.31. The molecule has 0 aliphatic carbocycles. The molecule has 0 unspecified atom stereocenters. The highest BCUT2D eigenvalue weighted by Crippen LogP contribution is 2.35. The van der Waals surface area contributed by atoms with Gasteiger partial charge in [-0.15, -0.1) is 0 Å². The number of hydrogen-bond donors (Lipinski definition) is 1. The van der Waals surface area contributed by atoms with E-state index in [0.29, 0.717) is 5.75 Å². The second-order valence-electron chi connectivity index (χ2n) is 2.53. The van der Waals surface area contributed by atoms with E-state index in [4.69, 9.17) is 16.3 Å². The van der Waals surface area contributed by atoms with Crippen molar-refractivity contribution in [2.24, 2.45) is 0 Å². The zero-order valence-corrected chi connectivity index (χ0v) is 8.05. The molecule has 0 amide bonds. The molecule has 1 rings (SSSR count). The molecule has 0 saturated carbocycles. The van der Waals surface area contributed by atoms with Crippen LogP contribution in [0, 0.1) is 0 Å². The quantitative estimate of drug-likeness (QED) is 0.745. The number of Topliss-reactive ketones (excluding diaryl/α,β-unsaturated/α-hetero) is 1. The van der Waals surface area contributed by atoms with E-state index in [-0.39, 0.29) is 22.1 Å². The summed E-state index contributed by atoms with van der Waals surface area (Å²) in [7, 11) is 1.44. The Morgan fingerprint density at radius 3 is 2.62 bits per heavy atom. The van der Waals surface area contributed by atoms with E-state index in [1.165, 1.54) is 20.1 Å². The first-order valence-corrected chi connectivity index (χ1v) is 4.02. The average Bonchev–Trinajstić information content (AvgIpc) is 2.09. The molecule has 3 nitrogen and oxygen atoms in total. The number of aromatic hydroxyl groups is 1. The maximum Gasteiger partial charge on any atom is 0.163 e. The summed E-state index contributed by atoms with van der Waals surface area (Å²) in [6.45, 7) is 1.36. The zero-order chi connectivity index (χ0) is 10.0. The van der Waals surface area contributed by atoms with Crippen molar-refractivity contribution in [2.45, 2.75) is 6.92 Å². The molecule has 1 aromatic carbocycles. The fourth-order valence-corrected chi connectivity index (χ4v) is 1.23. The Morgan fingerprint density at radius 2 is 2.15 bits per heavy atom. The lowest BCUT2D eigenvalue weighted by Crippen LogP contribution is -1.94. The SMILES string of the molecule is COc1ccc(C(C)=O)c(O)c1Cl. The van der Waals surface area contributed by atoms with Crippen molar-refractivity contribution in [2.75, 3.05) is 7.11 Å². The summed E-state index contributed by atoms with van der Waals surface area (Å²) in [5.41, 5.74) is 0.200. The van der Waals surface area contributed by atoms with Gasteiger partial charge in [-0.05, 0) is 19.1 Å². The normalized spacial score (nSPS) is 9.77. The van der Waals surface area contributed by atoms with Crippen LogP contribution in [0.4, 0.5) is 0 Å². The maximum absolute atomic E-state index is 11.0. The summed E-state index contributed by atoms with van der Waals surface area (Å²) in [4.78, 5) is 11.0. The molecule has 0 aliphatic rings. The summed E-state index contributed by atoms with van der Waals surface area (Å²) < 4.78 is 4.86. The molecule has 1 aromatic rings. The molecule has 0 aromatic heterocycles. The molecule has 0 atom stereocenters. The minimum absolute atomic E-state index is 0.0650. The van der Waals surface area contributed by atoms with Gasteiger partial charge in [-0.25, -0.2) is 0 Å². The van der Waals surface area contributed by atoms with Gasteiger partial charge in [0.05, 0.1) is 12.7 Å². The highest BCUT2D eigenvalue weighted by molar-refractivity contribution is 6.34. The summed E-state index contributed by atoms with van der Waals surface area (Å²) in [6, 6.07) is 3.02. The number of phenolic OH excluding ortho intramolecular Hbond substituents is 1. The van der Waals surface area contributed by atoms with Gasteiger partial charge < -0.3 is 9.84 Å². The summed E-state index contributed by atoms with van der Waals surface area (Å²) >= 11 is 5.72. The van der Waals surface area contributed by atoms with Crippen molar-refractivity contribution < 1.29 is 14.6 Å². The Labute approximate surface area is 80.9 Å². The first kappa shape index (κ1) is 9.86. The van der Waals surface area contributed by atoms with Crippen LogP contribution in [0.1, 0.15) is 17.3 Å². The molecule has 70 valence electrons. The topological polar surface area (TPSA) is 46.5 Å². The number of phenols is 1. The minimum atomic E-state index is -0.234. The van der Waals surface area contributed by atoms with Crippen LogP contribution in [0.15, 0.2) is 12.1 Å². The van der Waals surface area contributed by atoms with E-state index in [9.17, 15) is 9.90 Å². The van der Waals surface area contributed by atoms with E-state index >= 15 is 0 Å². The Kier molecular flexibility index (Phi) is 2.78. The van der Waals surface area contributed by atoms with Crippen molar-refractivity contribution in [3.63, 3.8) is 0 Å². The highest BCUT2D eigenvalue weighted by atomic mass is 35.5. The predicted octanol–water partition coefficient (Wildman–Crippen LogP) is 2.26. The number of rotatable bonds is 2. The number of ketones is 1. The summed E-state index contributed by atoms with van der Waals surface area (Å²) in [5.74, 6) is -0.111. The summed E-state index contributed by atoms with van der Waals surface area (Å²) in [6.07, 6.45) is 0. The van der Waals surface area contributed by atoms with Gasteiger partial charge in [0.15, 0.2) is 5.78 Å². The van der Waals surface area contributed by atoms with E-state index in [1.54, 1.807) is 6.07 Å². The number of carbonyl (C=O) groups excluding carboxylic acids is 1. The van der Waals surface area contributed by atoms with Gasteiger partial charge >= 0.3 is 0 Å². The van der Waals surface area contributed by atoms with Crippen LogP contribution in [0.2, 0.25) is 5.02 Å². The molecule has 0 heterocycles. The lowest BCUT2D eigenvalue weighted by atomic mass is 10.1. The molecule has 13 heavy (non-hydrogen) atoms. The zero-order valence-electron chi connectivity index (χ0n) is 7.30. The van der Waals surface area contributed by atoms with Crippen LogP contribution in [0.25, 0.3) is 0 Å². The van der Waals surface area contributed by atoms with Gasteiger partial charge in [0.2, 0.25) is 0 Å². The second-order valence-corrected chi connectivity index (χ2v) is 2.91. The van der Waals surface area contributed by atoms with E-state index in [0.717, 1.165) is 0 Å². The molecule has 0 saturated heterocycles. The fourth-order valence-electron chi connectivity index (χ4n) is 0.988. The number of ether oxygens (including phenoxy) is 1. The van der Waals surface area contributed by atoms with Gasteiger partial charge in [-0.1, -0.05) is 11.6 Å². The van der Waals surface area contributed by atoms with Gasteiger partial charge in [-0.3, -0.25) is 4.79 Å². The second kappa shape index (κ2) is 3.66. The van der Waals surface area contributed by atoms with E-state index < -0.39 is 0 Å². The molecule has 0 fully saturated rings. The molecule has 0 aliphatic heterocycles. The van der Waals surface area contributed by atoms with Crippen LogP contribution < -0.4 is 4.74 Å². The minimum Gasteiger partial charge on any atom is -0.505 e. The molecule has 0 bridgehead atoms. The third kappa shape index (κ3) is 1.75. The molecule has 1 N–H and O–H groups in total. The lowest BCUT2D eigenvalue weighted by molar-refractivity contribution is 0.101. The predicted molar refractivity (Wildman–Crippen MR) is 49.7 cm³/mol. The lowest BCUT2D eigenvalue weighted by Gasteiger charge is -2.06. The van der Waals surface area contributed by atoms with Crippen molar-refractivity contribution >= 4 is 17.4 Å². The average molecular weight is 201 g/mol.